The summed E-state index contributed by atoms with van der Waals surface area (Å²) in [5.74, 6) is -0.00915. The Hall–Kier alpha value is -1.42. The van der Waals surface area contributed by atoms with E-state index in [0.717, 1.165) is 16.7 Å². The maximum absolute atomic E-state index is 12.7. The molecule has 2 aromatic rings. The molecule has 1 heterocycles. The Balaban J connectivity index is 1.85. The number of phenolic OH excluding ortho intramolecular Hbond substituents is 1. The summed E-state index contributed by atoms with van der Waals surface area (Å²) in [5.41, 5.74) is 1.36. The van der Waals surface area contributed by atoms with E-state index >= 15 is 0 Å². The van der Waals surface area contributed by atoms with Crippen LogP contribution in [0.3, 0.4) is 0 Å². The van der Waals surface area contributed by atoms with Crippen LogP contribution in [0.4, 0.5) is 4.79 Å². The van der Waals surface area contributed by atoms with Gasteiger partial charge in [0.1, 0.15) is 0 Å². The molecular formula is C19H14Cl2INO4S. The van der Waals surface area contributed by atoms with Gasteiger partial charge >= 0.3 is 0 Å². The quantitative estimate of drug-likeness (QED) is 0.369. The van der Waals surface area contributed by atoms with Crippen LogP contribution in [-0.2, 0) is 11.3 Å². The smallest absolute Gasteiger partial charge is 0.293 e. The van der Waals surface area contributed by atoms with Crippen molar-refractivity contribution in [2.75, 3.05) is 6.61 Å². The molecule has 1 aliphatic rings. The van der Waals surface area contributed by atoms with Crippen molar-refractivity contribution in [3.63, 3.8) is 0 Å². The van der Waals surface area contributed by atoms with E-state index in [2.05, 4.69) is 0 Å². The van der Waals surface area contributed by atoms with E-state index in [0.29, 0.717) is 42.0 Å². The van der Waals surface area contributed by atoms with E-state index in [1.54, 1.807) is 36.4 Å². The maximum atomic E-state index is 12.7. The van der Waals surface area contributed by atoms with Gasteiger partial charge in [-0.15, -0.1) is 0 Å². The van der Waals surface area contributed by atoms with Crippen LogP contribution in [0.1, 0.15) is 18.1 Å². The largest absolute Gasteiger partial charge is 0.504 e. The van der Waals surface area contributed by atoms with Crippen molar-refractivity contribution in [1.82, 2.24) is 4.90 Å². The highest BCUT2D eigenvalue weighted by Crippen LogP contribution is 2.37. The number of benzene rings is 2. The summed E-state index contributed by atoms with van der Waals surface area (Å²) in [7, 11) is 0. The first-order valence-corrected chi connectivity index (χ1v) is 10.8. The molecule has 0 aromatic heterocycles. The van der Waals surface area contributed by atoms with Gasteiger partial charge in [-0.05, 0) is 82.7 Å². The summed E-state index contributed by atoms with van der Waals surface area (Å²) in [6.45, 7) is 2.32. The fourth-order valence-corrected chi connectivity index (χ4v) is 4.34. The van der Waals surface area contributed by atoms with Crippen molar-refractivity contribution in [2.24, 2.45) is 0 Å². The first-order chi connectivity index (χ1) is 13.3. The van der Waals surface area contributed by atoms with Gasteiger partial charge in [0.25, 0.3) is 11.1 Å². The minimum atomic E-state index is -0.387. The molecule has 0 bridgehead atoms. The summed E-state index contributed by atoms with van der Waals surface area (Å²) in [6.07, 6.45) is 1.61. The number of rotatable bonds is 5. The summed E-state index contributed by atoms with van der Waals surface area (Å²) in [5, 5.41) is 10.5. The molecule has 2 aromatic carbocycles. The molecule has 1 fully saturated rings. The Bertz CT molecular complexity index is 996. The molecule has 9 heteroatoms. The topological polar surface area (TPSA) is 66.8 Å². The van der Waals surface area contributed by atoms with Gasteiger partial charge in [0.05, 0.1) is 31.7 Å². The zero-order chi connectivity index (χ0) is 20.4. The maximum Gasteiger partial charge on any atom is 0.293 e. The molecule has 0 unspecified atom stereocenters. The van der Waals surface area contributed by atoms with Gasteiger partial charge in [-0.3, -0.25) is 14.5 Å². The normalized spacial score (nSPS) is 15.6. The van der Waals surface area contributed by atoms with E-state index in [1.807, 2.05) is 29.5 Å². The van der Waals surface area contributed by atoms with Gasteiger partial charge in [0.2, 0.25) is 0 Å². The van der Waals surface area contributed by atoms with Crippen LogP contribution in [0, 0.1) is 3.57 Å². The number of amides is 2. The van der Waals surface area contributed by atoms with Crippen LogP contribution < -0.4 is 4.74 Å². The minimum Gasteiger partial charge on any atom is -0.504 e. The molecule has 0 saturated carbocycles. The van der Waals surface area contributed by atoms with E-state index < -0.39 is 0 Å². The summed E-state index contributed by atoms with van der Waals surface area (Å²) in [4.78, 5) is 26.5. The highest BCUT2D eigenvalue weighted by atomic mass is 127. The second-order valence-electron chi connectivity index (χ2n) is 5.80. The minimum absolute atomic E-state index is 0.0484. The van der Waals surface area contributed by atoms with Crippen molar-refractivity contribution >= 4 is 74.8 Å². The average Bonchev–Trinajstić information content (AvgIpc) is 2.90. The third kappa shape index (κ3) is 4.59. The van der Waals surface area contributed by atoms with Gasteiger partial charge in [-0.25, -0.2) is 0 Å². The van der Waals surface area contributed by atoms with Crippen molar-refractivity contribution in [3.8, 4) is 11.5 Å². The van der Waals surface area contributed by atoms with Crippen LogP contribution >= 0.6 is 57.6 Å². The molecule has 0 aliphatic carbocycles. The number of thioether (sulfide) groups is 1. The summed E-state index contributed by atoms with van der Waals surface area (Å²) < 4.78 is 6.00. The van der Waals surface area contributed by atoms with E-state index in [1.165, 1.54) is 0 Å². The van der Waals surface area contributed by atoms with Crippen LogP contribution in [0.5, 0.6) is 11.5 Å². The number of aromatic hydroxyl groups is 1. The fourth-order valence-electron chi connectivity index (χ4n) is 2.55. The number of carbonyl (C=O) groups excluding carboxylic acids is 2. The number of ether oxygens (including phenoxy) is 1. The Labute approximate surface area is 189 Å². The second kappa shape index (κ2) is 8.94. The number of halogens is 3. The summed E-state index contributed by atoms with van der Waals surface area (Å²) >= 11 is 14.8. The third-order valence-corrected chi connectivity index (χ3v) is 6.32. The number of phenols is 1. The lowest BCUT2D eigenvalue weighted by Gasteiger charge is -2.13. The van der Waals surface area contributed by atoms with Crippen LogP contribution in [-0.4, -0.2) is 27.8 Å². The SMILES string of the molecule is CCOc1cc(C=C2SC(=O)N(Cc3ccc(Cl)c(Cl)c3)C2=O)cc(I)c1O. The molecule has 5 nitrogen and oxygen atoms in total. The van der Waals surface area contributed by atoms with Gasteiger partial charge in [-0.1, -0.05) is 29.3 Å². The standard InChI is InChI=1S/C19H14Cl2INO4S/c1-2-27-15-7-11(6-14(22)17(15)24)8-16-18(25)23(19(26)28-16)9-10-3-4-12(20)13(21)5-10/h3-8,24H,2,9H2,1H3. The van der Waals surface area contributed by atoms with Gasteiger partial charge < -0.3 is 9.84 Å². The Morgan fingerprint density at radius 1 is 1.21 bits per heavy atom. The van der Waals surface area contributed by atoms with E-state index in [4.69, 9.17) is 27.9 Å². The molecule has 0 atom stereocenters. The zero-order valence-corrected chi connectivity index (χ0v) is 19.0. The Kier molecular flexibility index (Phi) is 6.80. The number of nitrogens with zero attached hydrogens (tertiary/aromatic N) is 1. The van der Waals surface area contributed by atoms with E-state index in [9.17, 15) is 14.7 Å². The predicted octanol–water partition coefficient (Wildman–Crippen LogP) is 5.94. The molecule has 146 valence electrons. The van der Waals surface area contributed by atoms with Gasteiger partial charge in [-0.2, -0.15) is 0 Å². The van der Waals surface area contributed by atoms with Crippen molar-refractivity contribution in [1.29, 1.82) is 0 Å². The number of hydrogen-bond donors (Lipinski definition) is 1. The fraction of sp³-hybridized carbons (Fsp3) is 0.158. The number of hydrogen-bond acceptors (Lipinski definition) is 5. The van der Waals surface area contributed by atoms with Crippen molar-refractivity contribution in [2.45, 2.75) is 13.5 Å². The molecule has 1 aliphatic heterocycles. The molecule has 28 heavy (non-hydrogen) atoms. The van der Waals surface area contributed by atoms with Crippen LogP contribution in [0.25, 0.3) is 6.08 Å². The number of imide groups is 1. The molecule has 1 N–H and O–H groups in total. The lowest BCUT2D eigenvalue weighted by Crippen LogP contribution is -2.27. The van der Waals surface area contributed by atoms with Gasteiger partial charge in [0, 0.05) is 0 Å². The highest BCUT2D eigenvalue weighted by Gasteiger charge is 2.35. The van der Waals surface area contributed by atoms with Crippen LogP contribution in [0.15, 0.2) is 35.2 Å². The molecule has 0 radical (unpaired) electrons. The van der Waals surface area contributed by atoms with E-state index in [-0.39, 0.29) is 23.4 Å². The van der Waals surface area contributed by atoms with Gasteiger partial charge in [0.15, 0.2) is 11.5 Å². The molecular weight excluding hydrogens is 536 g/mol. The molecule has 2 amide bonds. The average molecular weight is 550 g/mol. The first-order valence-electron chi connectivity index (χ1n) is 8.14. The molecule has 1 saturated heterocycles. The predicted molar refractivity (Wildman–Crippen MR) is 120 cm³/mol. The lowest BCUT2D eigenvalue weighted by atomic mass is 10.1. The van der Waals surface area contributed by atoms with Crippen molar-refractivity contribution < 1.29 is 19.4 Å². The molecule has 0 spiro atoms. The second-order valence-corrected chi connectivity index (χ2v) is 8.77. The molecule has 3 rings (SSSR count). The highest BCUT2D eigenvalue weighted by molar-refractivity contribution is 14.1. The number of carbonyl (C=O) groups is 2. The lowest BCUT2D eigenvalue weighted by molar-refractivity contribution is -0.123. The zero-order valence-electron chi connectivity index (χ0n) is 14.5. The van der Waals surface area contributed by atoms with Crippen LogP contribution in [0.2, 0.25) is 10.0 Å². The third-order valence-electron chi connectivity index (χ3n) is 3.85. The Morgan fingerprint density at radius 2 is 1.96 bits per heavy atom. The van der Waals surface area contributed by atoms with Crippen molar-refractivity contribution in [3.05, 3.63) is 60.0 Å². The Morgan fingerprint density at radius 3 is 2.64 bits per heavy atom. The first kappa shape index (κ1) is 21.3. The summed E-state index contributed by atoms with van der Waals surface area (Å²) in [6, 6.07) is 8.33. The monoisotopic (exact) mass is 549 g/mol.